The number of anilines is 3. The van der Waals surface area contributed by atoms with Gasteiger partial charge in [0.05, 0.1) is 11.4 Å². The predicted octanol–water partition coefficient (Wildman–Crippen LogP) is 3.79. The van der Waals surface area contributed by atoms with E-state index < -0.39 is 0 Å². The number of benzene rings is 2. The minimum Gasteiger partial charge on any atom is -0.383 e. The molecule has 2 aromatic carbocycles. The van der Waals surface area contributed by atoms with E-state index in [1.165, 1.54) is 0 Å². The van der Waals surface area contributed by atoms with E-state index in [1.54, 1.807) is 0 Å². The van der Waals surface area contributed by atoms with Crippen LogP contribution >= 0.6 is 0 Å². The molecule has 0 bridgehead atoms. The summed E-state index contributed by atoms with van der Waals surface area (Å²) in [5.41, 5.74) is 3.37. The molecular formula is C17H23N3. The summed E-state index contributed by atoms with van der Waals surface area (Å²) in [5, 5.41) is 6.95. The molecule has 0 saturated heterocycles. The molecule has 0 aliphatic carbocycles. The molecule has 0 heterocycles. The average Bonchev–Trinajstić information content (AvgIpc) is 2.46. The largest absolute Gasteiger partial charge is 0.383 e. The summed E-state index contributed by atoms with van der Waals surface area (Å²) in [6, 6.07) is 18.6. The number of para-hydroxylation sites is 3. The van der Waals surface area contributed by atoms with Gasteiger partial charge in [-0.05, 0) is 51.3 Å². The van der Waals surface area contributed by atoms with E-state index in [4.69, 9.17) is 0 Å². The van der Waals surface area contributed by atoms with Crippen molar-refractivity contribution in [1.82, 2.24) is 4.90 Å². The van der Waals surface area contributed by atoms with E-state index in [0.29, 0.717) is 0 Å². The van der Waals surface area contributed by atoms with Crippen molar-refractivity contribution in [2.75, 3.05) is 37.8 Å². The van der Waals surface area contributed by atoms with Crippen LogP contribution in [0.3, 0.4) is 0 Å². The fourth-order valence-corrected chi connectivity index (χ4v) is 2.04. The van der Waals surface area contributed by atoms with Crippen LogP contribution in [0.5, 0.6) is 0 Å². The SMILES string of the molecule is CN(C)CCCNc1ccccc1Nc1ccccc1. The lowest BCUT2D eigenvalue weighted by Crippen LogP contribution is -2.16. The summed E-state index contributed by atoms with van der Waals surface area (Å²) in [4.78, 5) is 2.20. The van der Waals surface area contributed by atoms with Gasteiger partial charge in [-0.1, -0.05) is 30.3 Å². The molecule has 0 aliphatic heterocycles. The average molecular weight is 269 g/mol. The molecular weight excluding hydrogens is 246 g/mol. The van der Waals surface area contributed by atoms with Crippen LogP contribution in [0.15, 0.2) is 54.6 Å². The number of rotatable bonds is 7. The topological polar surface area (TPSA) is 27.3 Å². The van der Waals surface area contributed by atoms with Gasteiger partial charge in [-0.25, -0.2) is 0 Å². The predicted molar refractivity (Wildman–Crippen MR) is 87.8 cm³/mol. The molecule has 0 amide bonds. The molecule has 0 spiro atoms. The van der Waals surface area contributed by atoms with Crippen LogP contribution in [0.1, 0.15) is 6.42 Å². The van der Waals surface area contributed by atoms with Gasteiger partial charge in [-0.3, -0.25) is 0 Å². The lowest BCUT2D eigenvalue weighted by molar-refractivity contribution is 0.405. The molecule has 0 radical (unpaired) electrons. The van der Waals surface area contributed by atoms with Crippen LogP contribution in [0, 0.1) is 0 Å². The van der Waals surface area contributed by atoms with Crippen LogP contribution in [0.25, 0.3) is 0 Å². The quantitative estimate of drug-likeness (QED) is 0.749. The first kappa shape index (κ1) is 14.4. The Morgan fingerprint density at radius 3 is 2.20 bits per heavy atom. The molecule has 3 nitrogen and oxygen atoms in total. The first-order valence-corrected chi connectivity index (χ1v) is 7.05. The molecule has 2 N–H and O–H groups in total. The first-order chi connectivity index (χ1) is 9.75. The summed E-state index contributed by atoms with van der Waals surface area (Å²) in [6.45, 7) is 2.08. The molecule has 2 aromatic rings. The second-order valence-corrected chi connectivity index (χ2v) is 5.12. The fraction of sp³-hybridized carbons (Fsp3) is 0.294. The van der Waals surface area contributed by atoms with Crippen molar-refractivity contribution in [1.29, 1.82) is 0 Å². The van der Waals surface area contributed by atoms with Gasteiger partial charge in [0.25, 0.3) is 0 Å². The second-order valence-electron chi connectivity index (χ2n) is 5.12. The van der Waals surface area contributed by atoms with Crippen LogP contribution < -0.4 is 10.6 Å². The zero-order valence-electron chi connectivity index (χ0n) is 12.3. The molecule has 2 rings (SSSR count). The second kappa shape index (κ2) is 7.56. The Kier molecular flexibility index (Phi) is 5.44. The summed E-state index contributed by atoms with van der Waals surface area (Å²) in [6.07, 6.45) is 1.13. The van der Waals surface area contributed by atoms with Gasteiger partial charge in [-0.15, -0.1) is 0 Å². The van der Waals surface area contributed by atoms with Gasteiger partial charge in [0.1, 0.15) is 0 Å². The smallest absolute Gasteiger partial charge is 0.0620 e. The van der Waals surface area contributed by atoms with Crippen molar-refractivity contribution >= 4 is 17.1 Å². The summed E-state index contributed by atoms with van der Waals surface area (Å²) >= 11 is 0. The highest BCUT2D eigenvalue weighted by Gasteiger charge is 2.01. The minimum absolute atomic E-state index is 0.978. The van der Waals surface area contributed by atoms with Gasteiger partial charge in [0, 0.05) is 12.2 Å². The summed E-state index contributed by atoms with van der Waals surface area (Å²) in [7, 11) is 4.20. The minimum atomic E-state index is 0.978. The number of hydrogen-bond donors (Lipinski definition) is 2. The summed E-state index contributed by atoms with van der Waals surface area (Å²) in [5.74, 6) is 0. The lowest BCUT2D eigenvalue weighted by Gasteiger charge is -2.15. The normalized spacial score (nSPS) is 10.6. The number of hydrogen-bond acceptors (Lipinski definition) is 3. The monoisotopic (exact) mass is 269 g/mol. The van der Waals surface area contributed by atoms with Crippen molar-refractivity contribution in [2.45, 2.75) is 6.42 Å². The standard InChI is InChI=1S/C17H23N3/c1-20(2)14-8-13-18-16-11-6-7-12-17(16)19-15-9-4-3-5-10-15/h3-7,9-12,18-19H,8,13-14H2,1-2H3. The van der Waals surface area contributed by atoms with E-state index in [9.17, 15) is 0 Å². The van der Waals surface area contributed by atoms with Gasteiger partial charge < -0.3 is 15.5 Å². The van der Waals surface area contributed by atoms with Crippen molar-refractivity contribution in [3.05, 3.63) is 54.6 Å². The van der Waals surface area contributed by atoms with Crippen LogP contribution in [-0.2, 0) is 0 Å². The molecule has 0 atom stereocenters. The van der Waals surface area contributed by atoms with E-state index in [-0.39, 0.29) is 0 Å². The van der Waals surface area contributed by atoms with Gasteiger partial charge in [0.15, 0.2) is 0 Å². The lowest BCUT2D eigenvalue weighted by atomic mass is 10.2. The highest BCUT2D eigenvalue weighted by atomic mass is 15.1. The molecule has 0 fully saturated rings. The highest BCUT2D eigenvalue weighted by Crippen LogP contribution is 2.24. The Bertz CT molecular complexity index is 509. The Hall–Kier alpha value is -2.00. The van der Waals surface area contributed by atoms with Crippen molar-refractivity contribution in [3.63, 3.8) is 0 Å². The van der Waals surface area contributed by atoms with E-state index in [2.05, 4.69) is 66.0 Å². The maximum atomic E-state index is 3.50. The maximum absolute atomic E-state index is 3.50. The zero-order chi connectivity index (χ0) is 14.2. The third-order valence-corrected chi connectivity index (χ3v) is 3.08. The third-order valence-electron chi connectivity index (χ3n) is 3.08. The first-order valence-electron chi connectivity index (χ1n) is 7.05. The molecule has 0 aliphatic rings. The fourth-order valence-electron chi connectivity index (χ4n) is 2.04. The van der Waals surface area contributed by atoms with Gasteiger partial charge in [-0.2, -0.15) is 0 Å². The van der Waals surface area contributed by atoms with Gasteiger partial charge in [0.2, 0.25) is 0 Å². The van der Waals surface area contributed by atoms with Crippen molar-refractivity contribution in [3.8, 4) is 0 Å². The van der Waals surface area contributed by atoms with Crippen molar-refractivity contribution < 1.29 is 0 Å². The van der Waals surface area contributed by atoms with Crippen molar-refractivity contribution in [2.24, 2.45) is 0 Å². The number of nitrogens with zero attached hydrogens (tertiary/aromatic N) is 1. The van der Waals surface area contributed by atoms with E-state index in [0.717, 1.165) is 36.6 Å². The van der Waals surface area contributed by atoms with Gasteiger partial charge >= 0.3 is 0 Å². The Labute approximate surface area is 121 Å². The van der Waals surface area contributed by atoms with Crippen LogP contribution in [0.4, 0.5) is 17.1 Å². The highest BCUT2D eigenvalue weighted by molar-refractivity contribution is 5.74. The maximum Gasteiger partial charge on any atom is 0.0620 e. The molecule has 0 saturated carbocycles. The van der Waals surface area contributed by atoms with Crippen LogP contribution in [0.2, 0.25) is 0 Å². The molecule has 3 heteroatoms. The molecule has 20 heavy (non-hydrogen) atoms. The van der Waals surface area contributed by atoms with Crippen LogP contribution in [-0.4, -0.2) is 32.1 Å². The zero-order valence-corrected chi connectivity index (χ0v) is 12.3. The molecule has 0 aromatic heterocycles. The molecule has 0 unspecified atom stereocenters. The Morgan fingerprint density at radius 1 is 0.850 bits per heavy atom. The van der Waals surface area contributed by atoms with E-state index in [1.807, 2.05) is 18.2 Å². The Morgan fingerprint density at radius 2 is 1.50 bits per heavy atom. The molecule has 106 valence electrons. The number of nitrogens with one attached hydrogen (secondary N) is 2. The summed E-state index contributed by atoms with van der Waals surface area (Å²) < 4.78 is 0. The Balaban J connectivity index is 1.96. The van der Waals surface area contributed by atoms with E-state index >= 15 is 0 Å². The third kappa shape index (κ3) is 4.59.